The zero-order valence-electron chi connectivity index (χ0n) is 18.1. The number of aromatic nitrogens is 2. The summed E-state index contributed by atoms with van der Waals surface area (Å²) in [6.45, 7) is 4.08. The van der Waals surface area contributed by atoms with Crippen LogP contribution in [0, 0.1) is 0 Å². The number of rotatable bonds is 8. The lowest BCUT2D eigenvalue weighted by Gasteiger charge is -2.18. The van der Waals surface area contributed by atoms with Crippen LogP contribution in [-0.4, -0.2) is 46.2 Å². The van der Waals surface area contributed by atoms with Crippen molar-refractivity contribution < 1.29 is 28.6 Å². The fourth-order valence-corrected chi connectivity index (χ4v) is 3.34. The highest BCUT2D eigenvalue weighted by Crippen LogP contribution is 2.25. The van der Waals surface area contributed by atoms with E-state index in [9.17, 15) is 19.2 Å². The summed E-state index contributed by atoms with van der Waals surface area (Å²) < 4.78 is 18.6. The van der Waals surface area contributed by atoms with Crippen molar-refractivity contribution in [3.63, 3.8) is 0 Å². The first kappa shape index (κ1) is 23.0. The first-order valence-corrected chi connectivity index (χ1v) is 9.99. The number of benzene rings is 2. The van der Waals surface area contributed by atoms with Crippen molar-refractivity contribution in [3.8, 4) is 5.75 Å². The second-order valence-corrected chi connectivity index (χ2v) is 7.16. The van der Waals surface area contributed by atoms with Crippen molar-refractivity contribution in [1.29, 1.82) is 0 Å². The van der Waals surface area contributed by atoms with Gasteiger partial charge in [-0.05, 0) is 17.7 Å². The van der Waals surface area contributed by atoms with Gasteiger partial charge in [-0.25, -0.2) is 13.9 Å². The fourth-order valence-electron chi connectivity index (χ4n) is 3.34. The zero-order chi connectivity index (χ0) is 23.3. The molecule has 0 saturated carbocycles. The summed E-state index contributed by atoms with van der Waals surface area (Å²) in [5, 5.41) is 0. The minimum Gasteiger partial charge on any atom is -0.487 e. The molecule has 0 amide bonds. The third-order valence-electron chi connectivity index (χ3n) is 4.63. The molecule has 1 heterocycles. The summed E-state index contributed by atoms with van der Waals surface area (Å²) >= 11 is 0. The number of ether oxygens (including phenoxy) is 3. The van der Waals surface area contributed by atoms with Gasteiger partial charge in [0.2, 0.25) is 11.8 Å². The summed E-state index contributed by atoms with van der Waals surface area (Å²) in [5.74, 6) is -1.37. The molecule has 0 aliphatic carbocycles. The Hall–Kier alpha value is -3.72. The second-order valence-electron chi connectivity index (χ2n) is 7.16. The van der Waals surface area contributed by atoms with E-state index in [-0.39, 0.29) is 30.0 Å². The van der Waals surface area contributed by atoms with Crippen LogP contribution in [0.4, 0.5) is 0 Å². The summed E-state index contributed by atoms with van der Waals surface area (Å²) in [5.41, 5.74) is 0.626. The Labute approximate surface area is 184 Å². The number of hydrogen-bond donors (Lipinski definition) is 0. The number of carbonyl (C=O) groups excluding carboxylic acids is 3. The van der Waals surface area contributed by atoms with E-state index in [1.807, 2.05) is 30.3 Å². The van der Waals surface area contributed by atoms with Gasteiger partial charge >= 0.3 is 11.7 Å². The highest BCUT2D eigenvalue weighted by Gasteiger charge is 2.22. The summed E-state index contributed by atoms with van der Waals surface area (Å²) in [6, 6.07) is 14.3. The molecule has 168 valence electrons. The van der Waals surface area contributed by atoms with Crippen molar-refractivity contribution in [3.05, 3.63) is 64.6 Å². The van der Waals surface area contributed by atoms with Crippen molar-refractivity contribution in [2.45, 2.75) is 33.5 Å². The first-order valence-electron chi connectivity index (χ1n) is 9.99. The van der Waals surface area contributed by atoms with E-state index in [1.165, 1.54) is 20.8 Å². The Morgan fingerprint density at radius 2 is 1.56 bits per heavy atom. The van der Waals surface area contributed by atoms with E-state index in [0.717, 1.165) is 14.7 Å². The lowest BCUT2D eigenvalue weighted by molar-refractivity contribution is -0.151. The van der Waals surface area contributed by atoms with E-state index in [2.05, 4.69) is 0 Å². The maximum absolute atomic E-state index is 12.6. The average molecular weight is 440 g/mol. The summed E-state index contributed by atoms with van der Waals surface area (Å²) in [4.78, 5) is 48.2. The van der Waals surface area contributed by atoms with Crippen LogP contribution in [0.25, 0.3) is 11.0 Å². The molecule has 0 spiro atoms. The van der Waals surface area contributed by atoms with Gasteiger partial charge in [-0.1, -0.05) is 36.4 Å². The number of para-hydroxylation sites is 1. The van der Waals surface area contributed by atoms with Crippen LogP contribution in [0.3, 0.4) is 0 Å². The quantitative estimate of drug-likeness (QED) is 0.496. The molecule has 0 saturated heterocycles. The number of imidazole rings is 1. The topological polar surface area (TPSA) is 106 Å². The van der Waals surface area contributed by atoms with Crippen LogP contribution in [0.1, 0.15) is 35.9 Å². The summed E-state index contributed by atoms with van der Waals surface area (Å²) in [7, 11) is 0. The molecular formula is C23H24N2O7. The lowest BCUT2D eigenvalue weighted by atomic mass is 10.2. The fraction of sp³-hybridized carbons (Fsp3) is 0.304. The molecule has 2 aromatic carbocycles. The predicted molar refractivity (Wildman–Crippen MR) is 116 cm³/mol. The van der Waals surface area contributed by atoms with E-state index < -0.39 is 29.6 Å². The lowest BCUT2D eigenvalue weighted by Crippen LogP contribution is -2.30. The normalized spacial score (nSPS) is 11.8. The molecule has 1 aromatic heterocycles. The van der Waals surface area contributed by atoms with Crippen molar-refractivity contribution >= 4 is 28.8 Å². The largest absolute Gasteiger partial charge is 0.487 e. The molecule has 1 atom stereocenters. The average Bonchev–Trinajstić information content (AvgIpc) is 3.05. The van der Waals surface area contributed by atoms with Gasteiger partial charge in [0.1, 0.15) is 17.9 Å². The molecule has 3 rings (SSSR count). The number of nitrogens with zero attached hydrogens (tertiary/aromatic N) is 2. The zero-order valence-corrected chi connectivity index (χ0v) is 18.1. The van der Waals surface area contributed by atoms with Crippen LogP contribution in [0.15, 0.2) is 53.3 Å². The number of carbonyl (C=O) groups is 3. The standard InChI is InChI=1S/C23H24N2O7/c1-15(26)24-20-10-7-11-21(22(20)25(16(2)27)23(24)29)31-14-19(32-17(3)28)13-30-12-18-8-5-4-6-9-18/h4-11,19H,12-14H2,1-3H3/t19-/m0/s1. The molecule has 9 nitrogen and oxygen atoms in total. The van der Waals surface area contributed by atoms with Crippen LogP contribution in [-0.2, 0) is 20.9 Å². The van der Waals surface area contributed by atoms with Crippen LogP contribution in [0.5, 0.6) is 5.75 Å². The molecule has 0 N–H and O–H groups in total. The van der Waals surface area contributed by atoms with Crippen LogP contribution >= 0.6 is 0 Å². The molecule has 0 aliphatic rings. The number of esters is 1. The Balaban J connectivity index is 1.82. The Morgan fingerprint density at radius 3 is 2.19 bits per heavy atom. The third-order valence-corrected chi connectivity index (χ3v) is 4.63. The molecule has 0 unspecified atom stereocenters. The molecule has 32 heavy (non-hydrogen) atoms. The third kappa shape index (κ3) is 5.12. The van der Waals surface area contributed by atoms with Gasteiger partial charge in [0.25, 0.3) is 0 Å². The van der Waals surface area contributed by atoms with Gasteiger partial charge in [0, 0.05) is 20.8 Å². The maximum Gasteiger partial charge on any atom is 0.342 e. The molecule has 0 bridgehead atoms. The molecule has 3 aromatic rings. The van der Waals surface area contributed by atoms with E-state index >= 15 is 0 Å². The second kappa shape index (κ2) is 10.1. The van der Waals surface area contributed by atoms with E-state index in [1.54, 1.807) is 18.2 Å². The Kier molecular flexibility index (Phi) is 7.21. The molecular weight excluding hydrogens is 416 g/mol. The Bertz CT molecular complexity index is 1190. The van der Waals surface area contributed by atoms with E-state index in [0.29, 0.717) is 6.61 Å². The van der Waals surface area contributed by atoms with Gasteiger partial charge in [-0.3, -0.25) is 14.4 Å². The molecule has 0 radical (unpaired) electrons. The minimum absolute atomic E-state index is 0.0785. The van der Waals surface area contributed by atoms with Crippen molar-refractivity contribution in [1.82, 2.24) is 9.13 Å². The Morgan fingerprint density at radius 1 is 0.875 bits per heavy atom. The number of hydrogen-bond acceptors (Lipinski definition) is 7. The van der Waals surface area contributed by atoms with Gasteiger partial charge in [0.05, 0.1) is 18.7 Å². The van der Waals surface area contributed by atoms with Gasteiger partial charge < -0.3 is 14.2 Å². The van der Waals surface area contributed by atoms with Crippen molar-refractivity contribution in [2.24, 2.45) is 0 Å². The van der Waals surface area contributed by atoms with Crippen LogP contribution < -0.4 is 10.4 Å². The van der Waals surface area contributed by atoms with Gasteiger partial charge in [0.15, 0.2) is 6.10 Å². The monoisotopic (exact) mass is 440 g/mol. The van der Waals surface area contributed by atoms with Crippen LogP contribution in [0.2, 0.25) is 0 Å². The molecule has 9 heteroatoms. The summed E-state index contributed by atoms with van der Waals surface area (Å²) in [6.07, 6.45) is -0.723. The number of fused-ring (bicyclic) bond motifs is 1. The van der Waals surface area contributed by atoms with Gasteiger partial charge in [-0.15, -0.1) is 0 Å². The van der Waals surface area contributed by atoms with E-state index in [4.69, 9.17) is 14.2 Å². The SMILES string of the molecule is CC(=O)O[C@@H](COCc1ccccc1)COc1cccc2c1n(C(C)=O)c(=O)n2C(C)=O. The first-order chi connectivity index (χ1) is 15.3. The smallest absolute Gasteiger partial charge is 0.342 e. The molecule has 0 aliphatic heterocycles. The van der Waals surface area contributed by atoms with Gasteiger partial charge in [-0.2, -0.15) is 0 Å². The highest BCUT2D eigenvalue weighted by atomic mass is 16.6. The highest BCUT2D eigenvalue weighted by molar-refractivity contribution is 5.97. The maximum atomic E-state index is 12.6. The minimum atomic E-state index is -0.765. The molecule has 0 fully saturated rings. The predicted octanol–water partition coefficient (Wildman–Crippen LogP) is 2.65. The van der Waals surface area contributed by atoms with Crippen molar-refractivity contribution in [2.75, 3.05) is 13.2 Å².